The molecule has 1 amide bonds. The molecule has 1 N–H and O–H groups in total. The number of para-hydroxylation sites is 1. The molecule has 0 atom stereocenters. The Hall–Kier alpha value is -1.51. The van der Waals surface area contributed by atoms with Crippen molar-refractivity contribution in [1.29, 1.82) is 0 Å². The van der Waals surface area contributed by atoms with Gasteiger partial charge in [0.1, 0.15) is 0 Å². The molecule has 0 spiro atoms. The molecule has 20 heavy (non-hydrogen) atoms. The van der Waals surface area contributed by atoms with Crippen molar-refractivity contribution < 1.29 is 4.79 Å². The summed E-state index contributed by atoms with van der Waals surface area (Å²) in [7, 11) is 0. The minimum Gasteiger partial charge on any atom is -0.325 e. The molecule has 0 aliphatic heterocycles. The second-order valence-corrected chi connectivity index (χ2v) is 5.55. The van der Waals surface area contributed by atoms with Crippen LogP contribution >= 0.6 is 23.2 Å². The van der Waals surface area contributed by atoms with Crippen molar-refractivity contribution in [3.8, 4) is 0 Å². The van der Waals surface area contributed by atoms with E-state index in [4.69, 9.17) is 23.2 Å². The molecular weight excluding hydrogens is 293 g/mol. The van der Waals surface area contributed by atoms with Gasteiger partial charge in [-0.25, -0.2) is 0 Å². The number of nitrogens with one attached hydrogen (secondary N) is 1. The van der Waals surface area contributed by atoms with E-state index >= 15 is 0 Å². The Morgan fingerprint density at radius 1 is 1.05 bits per heavy atom. The third kappa shape index (κ3) is 3.53. The van der Waals surface area contributed by atoms with Crippen molar-refractivity contribution in [2.24, 2.45) is 0 Å². The molecule has 0 heterocycles. The molecule has 2 nitrogen and oxygen atoms in total. The van der Waals surface area contributed by atoms with Gasteiger partial charge in [0.15, 0.2) is 0 Å². The van der Waals surface area contributed by atoms with Gasteiger partial charge in [-0.1, -0.05) is 47.5 Å². The first-order chi connectivity index (χ1) is 9.47. The fourth-order valence-electron chi connectivity index (χ4n) is 2.03. The highest BCUT2D eigenvalue weighted by Gasteiger charge is 2.09. The van der Waals surface area contributed by atoms with E-state index in [0.717, 1.165) is 22.4 Å². The Bertz CT molecular complexity index is 633. The monoisotopic (exact) mass is 307 g/mol. The molecule has 0 saturated heterocycles. The number of hydrogen-bond acceptors (Lipinski definition) is 1. The Balaban J connectivity index is 2.11. The Morgan fingerprint density at radius 2 is 1.70 bits per heavy atom. The maximum Gasteiger partial charge on any atom is 0.228 e. The van der Waals surface area contributed by atoms with Gasteiger partial charge in [-0.05, 0) is 42.7 Å². The van der Waals surface area contributed by atoms with Crippen LogP contribution in [0, 0.1) is 13.8 Å². The molecule has 0 saturated carbocycles. The van der Waals surface area contributed by atoms with Gasteiger partial charge >= 0.3 is 0 Å². The van der Waals surface area contributed by atoms with E-state index in [1.165, 1.54) is 0 Å². The first-order valence-corrected chi connectivity index (χ1v) is 7.03. The van der Waals surface area contributed by atoms with Crippen molar-refractivity contribution in [2.45, 2.75) is 20.3 Å². The van der Waals surface area contributed by atoms with Gasteiger partial charge in [-0.2, -0.15) is 0 Å². The number of rotatable bonds is 3. The van der Waals surface area contributed by atoms with Crippen LogP contribution in [-0.2, 0) is 11.2 Å². The van der Waals surface area contributed by atoms with Crippen LogP contribution in [0.25, 0.3) is 0 Å². The zero-order valence-electron chi connectivity index (χ0n) is 11.3. The SMILES string of the molecule is Cc1cccc(C)c1NC(=O)Cc1ccc(Cl)c(Cl)c1. The minimum atomic E-state index is -0.0687. The molecule has 0 unspecified atom stereocenters. The topological polar surface area (TPSA) is 29.1 Å². The summed E-state index contributed by atoms with van der Waals surface area (Å²) < 4.78 is 0. The van der Waals surface area contributed by atoms with E-state index in [-0.39, 0.29) is 12.3 Å². The molecule has 4 heteroatoms. The van der Waals surface area contributed by atoms with Crippen LogP contribution in [0.1, 0.15) is 16.7 Å². The number of aryl methyl sites for hydroxylation is 2. The fraction of sp³-hybridized carbons (Fsp3) is 0.188. The molecule has 0 bridgehead atoms. The predicted octanol–water partition coefficient (Wildman–Crippen LogP) is 4.79. The van der Waals surface area contributed by atoms with E-state index < -0.39 is 0 Å². The van der Waals surface area contributed by atoms with Gasteiger partial charge in [0, 0.05) is 5.69 Å². The van der Waals surface area contributed by atoms with Gasteiger partial charge in [-0.3, -0.25) is 4.79 Å². The highest BCUT2D eigenvalue weighted by Crippen LogP contribution is 2.23. The summed E-state index contributed by atoms with van der Waals surface area (Å²) in [6.07, 6.45) is 0.269. The number of benzene rings is 2. The Morgan fingerprint density at radius 3 is 2.30 bits per heavy atom. The third-order valence-corrected chi connectivity index (χ3v) is 3.83. The molecular formula is C16H15Cl2NO. The predicted molar refractivity (Wildman–Crippen MR) is 84.7 cm³/mol. The molecule has 0 fully saturated rings. The number of carbonyl (C=O) groups is 1. The first-order valence-electron chi connectivity index (χ1n) is 6.27. The smallest absolute Gasteiger partial charge is 0.228 e. The summed E-state index contributed by atoms with van der Waals surface area (Å²) in [6, 6.07) is 11.1. The number of hydrogen-bond donors (Lipinski definition) is 1. The summed E-state index contributed by atoms with van der Waals surface area (Å²) in [5, 5.41) is 3.90. The molecule has 0 radical (unpaired) electrons. The summed E-state index contributed by atoms with van der Waals surface area (Å²) in [5.74, 6) is -0.0687. The molecule has 104 valence electrons. The van der Waals surface area contributed by atoms with Crippen LogP contribution in [-0.4, -0.2) is 5.91 Å². The Labute approximate surface area is 128 Å². The molecule has 2 rings (SSSR count). The average molecular weight is 308 g/mol. The van der Waals surface area contributed by atoms with Crippen molar-refractivity contribution in [3.63, 3.8) is 0 Å². The lowest BCUT2D eigenvalue weighted by Gasteiger charge is -2.11. The van der Waals surface area contributed by atoms with Gasteiger partial charge < -0.3 is 5.32 Å². The molecule has 0 aliphatic rings. The lowest BCUT2D eigenvalue weighted by Crippen LogP contribution is -2.16. The second kappa shape index (κ2) is 6.29. The molecule has 2 aromatic rings. The maximum absolute atomic E-state index is 12.1. The molecule has 0 aromatic heterocycles. The first kappa shape index (κ1) is 14.9. The van der Waals surface area contributed by atoms with E-state index in [9.17, 15) is 4.79 Å². The number of halogens is 2. The average Bonchev–Trinajstić information content (AvgIpc) is 2.38. The van der Waals surface area contributed by atoms with Crippen LogP contribution in [0.2, 0.25) is 10.0 Å². The zero-order chi connectivity index (χ0) is 14.7. The second-order valence-electron chi connectivity index (χ2n) is 4.74. The highest BCUT2D eigenvalue weighted by molar-refractivity contribution is 6.42. The van der Waals surface area contributed by atoms with E-state index in [0.29, 0.717) is 10.0 Å². The van der Waals surface area contributed by atoms with Crippen molar-refractivity contribution in [2.75, 3.05) is 5.32 Å². The summed E-state index contributed by atoms with van der Waals surface area (Å²) in [6.45, 7) is 3.95. The third-order valence-electron chi connectivity index (χ3n) is 3.09. The van der Waals surface area contributed by atoms with Crippen molar-refractivity contribution >= 4 is 34.8 Å². The summed E-state index contributed by atoms with van der Waals surface area (Å²) >= 11 is 11.8. The van der Waals surface area contributed by atoms with Crippen LogP contribution in [0.3, 0.4) is 0 Å². The molecule has 2 aromatic carbocycles. The standard InChI is InChI=1S/C16H15Cl2NO/c1-10-4-3-5-11(2)16(10)19-15(20)9-12-6-7-13(17)14(18)8-12/h3-8H,9H2,1-2H3,(H,19,20). The van der Waals surface area contributed by atoms with Crippen molar-refractivity contribution in [3.05, 3.63) is 63.1 Å². The lowest BCUT2D eigenvalue weighted by molar-refractivity contribution is -0.115. The molecule has 0 aliphatic carbocycles. The Kier molecular flexibility index (Phi) is 4.69. The van der Waals surface area contributed by atoms with E-state index in [1.54, 1.807) is 18.2 Å². The zero-order valence-corrected chi connectivity index (χ0v) is 12.8. The van der Waals surface area contributed by atoms with Crippen LogP contribution in [0.4, 0.5) is 5.69 Å². The lowest BCUT2D eigenvalue weighted by atomic mass is 10.1. The van der Waals surface area contributed by atoms with Gasteiger partial charge in [0.2, 0.25) is 5.91 Å². The number of anilines is 1. The van der Waals surface area contributed by atoms with Crippen LogP contribution < -0.4 is 5.32 Å². The number of amides is 1. The fourth-order valence-corrected chi connectivity index (χ4v) is 2.35. The highest BCUT2D eigenvalue weighted by atomic mass is 35.5. The van der Waals surface area contributed by atoms with Gasteiger partial charge in [-0.15, -0.1) is 0 Å². The van der Waals surface area contributed by atoms with Crippen LogP contribution in [0.5, 0.6) is 0 Å². The largest absolute Gasteiger partial charge is 0.325 e. The number of carbonyl (C=O) groups excluding carboxylic acids is 1. The van der Waals surface area contributed by atoms with Gasteiger partial charge in [0.05, 0.1) is 16.5 Å². The van der Waals surface area contributed by atoms with Crippen molar-refractivity contribution in [1.82, 2.24) is 0 Å². The summed E-state index contributed by atoms with van der Waals surface area (Å²) in [4.78, 5) is 12.1. The quantitative estimate of drug-likeness (QED) is 0.867. The van der Waals surface area contributed by atoms with Gasteiger partial charge in [0.25, 0.3) is 0 Å². The van der Waals surface area contributed by atoms with Crippen LogP contribution in [0.15, 0.2) is 36.4 Å². The minimum absolute atomic E-state index is 0.0687. The summed E-state index contributed by atoms with van der Waals surface area (Å²) in [5.41, 5.74) is 3.81. The maximum atomic E-state index is 12.1. The normalized spacial score (nSPS) is 10.4. The van der Waals surface area contributed by atoms with E-state index in [2.05, 4.69) is 5.32 Å². The van der Waals surface area contributed by atoms with E-state index in [1.807, 2.05) is 32.0 Å².